The lowest BCUT2D eigenvalue weighted by molar-refractivity contribution is 0.448. The molecule has 7 aromatic rings. The van der Waals surface area contributed by atoms with Crippen molar-refractivity contribution in [3.05, 3.63) is 162 Å². The molecule has 0 aliphatic carbocycles. The first-order valence-electron chi connectivity index (χ1n) is 13.9. The van der Waals surface area contributed by atoms with Crippen LogP contribution in [-0.4, -0.2) is 0 Å². The minimum absolute atomic E-state index is 0.0467. The van der Waals surface area contributed by atoms with E-state index < -0.39 is 0 Å². The molecule has 2 heteroatoms. The second kappa shape index (κ2) is 9.37. The number of nitrogens with one attached hydrogen (secondary N) is 2. The summed E-state index contributed by atoms with van der Waals surface area (Å²) >= 11 is 0. The monoisotopic (exact) mass is 512 g/mol. The highest BCUT2D eigenvalue weighted by Crippen LogP contribution is 2.40. The fourth-order valence-corrected chi connectivity index (χ4v) is 6.46. The van der Waals surface area contributed by atoms with Crippen LogP contribution in [-0.2, 0) is 0 Å². The van der Waals surface area contributed by atoms with Crippen molar-refractivity contribution >= 4 is 48.8 Å². The van der Waals surface area contributed by atoms with Crippen LogP contribution < -0.4 is 10.6 Å². The summed E-state index contributed by atoms with van der Waals surface area (Å²) in [7, 11) is 0. The molecule has 190 valence electrons. The van der Waals surface area contributed by atoms with Crippen LogP contribution in [0.4, 0.5) is 0 Å². The van der Waals surface area contributed by atoms with Crippen LogP contribution in [0.2, 0.25) is 0 Å². The lowest BCUT2D eigenvalue weighted by Crippen LogP contribution is -2.39. The van der Waals surface area contributed by atoms with Gasteiger partial charge in [-0.05, 0) is 60.8 Å². The standard InChI is InChI=1S/C38H28N2/c1-2-13-27(14-3-1)34-24-35(33-20-10-16-25-11-4-7-17-30(25)33)40-38(39-34)37-32-19-9-6-15-28(32)23-29-22-21-26-12-5-8-18-31(26)36(29)37/h1-24,34,38-40H. The lowest BCUT2D eigenvalue weighted by atomic mass is 9.89. The Labute approximate surface area is 233 Å². The zero-order valence-electron chi connectivity index (χ0n) is 22.0. The summed E-state index contributed by atoms with van der Waals surface area (Å²) in [5.41, 5.74) is 4.91. The van der Waals surface area contributed by atoms with E-state index in [2.05, 4.69) is 156 Å². The predicted octanol–water partition coefficient (Wildman–Crippen LogP) is 9.27. The molecule has 0 amide bonds. The first kappa shape index (κ1) is 23.0. The van der Waals surface area contributed by atoms with Gasteiger partial charge in [-0.25, -0.2) is 0 Å². The first-order valence-corrected chi connectivity index (χ1v) is 13.9. The fraction of sp³-hybridized carbons (Fsp3) is 0.0526. The number of hydrogen-bond acceptors (Lipinski definition) is 2. The summed E-state index contributed by atoms with van der Waals surface area (Å²) in [6.45, 7) is 0. The van der Waals surface area contributed by atoms with E-state index in [-0.39, 0.29) is 12.2 Å². The number of fused-ring (bicyclic) bond motifs is 5. The number of hydrogen-bond donors (Lipinski definition) is 2. The van der Waals surface area contributed by atoms with Crippen LogP contribution in [0, 0.1) is 0 Å². The molecule has 0 radical (unpaired) electrons. The second-order valence-electron chi connectivity index (χ2n) is 10.6. The van der Waals surface area contributed by atoms with Crippen molar-refractivity contribution in [3.8, 4) is 0 Å². The maximum absolute atomic E-state index is 4.00. The van der Waals surface area contributed by atoms with E-state index >= 15 is 0 Å². The Kier molecular flexibility index (Phi) is 5.39. The SMILES string of the molecule is C1=C(c2cccc3ccccc23)NC(c2c3ccccc3cc3ccc4ccccc4c23)NC1c1ccccc1. The van der Waals surface area contributed by atoms with Gasteiger partial charge in [-0.3, -0.25) is 5.32 Å². The predicted molar refractivity (Wildman–Crippen MR) is 169 cm³/mol. The van der Waals surface area contributed by atoms with Crippen LogP contribution in [0.5, 0.6) is 0 Å². The first-order chi connectivity index (χ1) is 19.8. The molecule has 8 rings (SSSR count). The van der Waals surface area contributed by atoms with E-state index in [9.17, 15) is 0 Å². The Morgan fingerprint density at radius 3 is 1.93 bits per heavy atom. The summed E-state index contributed by atoms with van der Waals surface area (Å²) in [5.74, 6) is 0. The van der Waals surface area contributed by atoms with E-state index in [4.69, 9.17) is 0 Å². The van der Waals surface area contributed by atoms with Crippen LogP contribution >= 0.6 is 0 Å². The molecular formula is C38H28N2. The van der Waals surface area contributed by atoms with E-state index in [1.54, 1.807) is 0 Å². The van der Waals surface area contributed by atoms with Crippen molar-refractivity contribution in [2.45, 2.75) is 12.2 Å². The van der Waals surface area contributed by atoms with Crippen molar-refractivity contribution in [1.82, 2.24) is 10.6 Å². The molecule has 1 aliphatic heterocycles. The minimum Gasteiger partial charge on any atom is -0.366 e. The van der Waals surface area contributed by atoms with Crippen LogP contribution in [0.1, 0.15) is 28.9 Å². The molecule has 2 unspecified atom stereocenters. The third kappa shape index (κ3) is 3.77. The van der Waals surface area contributed by atoms with E-state index in [1.807, 2.05) is 0 Å². The maximum atomic E-state index is 4.00. The highest BCUT2D eigenvalue weighted by molar-refractivity contribution is 6.15. The quantitative estimate of drug-likeness (QED) is 0.182. The van der Waals surface area contributed by atoms with Gasteiger partial charge in [0.15, 0.2) is 0 Å². The fourth-order valence-electron chi connectivity index (χ4n) is 6.46. The summed E-state index contributed by atoms with van der Waals surface area (Å²) in [5, 5.41) is 18.1. The number of rotatable bonds is 3. The minimum atomic E-state index is -0.108. The van der Waals surface area contributed by atoms with Gasteiger partial charge in [-0.15, -0.1) is 0 Å². The molecule has 0 bridgehead atoms. The molecule has 1 aliphatic rings. The second-order valence-corrected chi connectivity index (χ2v) is 10.6. The molecule has 0 fully saturated rings. The molecule has 0 spiro atoms. The Morgan fingerprint density at radius 1 is 0.475 bits per heavy atom. The van der Waals surface area contributed by atoms with Gasteiger partial charge in [0.2, 0.25) is 0 Å². The average molecular weight is 513 g/mol. The van der Waals surface area contributed by atoms with Crippen molar-refractivity contribution in [3.63, 3.8) is 0 Å². The largest absolute Gasteiger partial charge is 0.366 e. The molecule has 0 aromatic heterocycles. The Balaban J connectivity index is 1.41. The van der Waals surface area contributed by atoms with E-state index in [0.717, 1.165) is 5.70 Å². The van der Waals surface area contributed by atoms with E-state index in [0.29, 0.717) is 0 Å². The normalized spacial score (nSPS) is 17.2. The third-order valence-corrected chi connectivity index (χ3v) is 8.30. The molecule has 0 saturated heterocycles. The van der Waals surface area contributed by atoms with Gasteiger partial charge in [0.1, 0.15) is 6.17 Å². The van der Waals surface area contributed by atoms with E-state index in [1.165, 1.54) is 59.8 Å². The van der Waals surface area contributed by atoms with Crippen molar-refractivity contribution in [1.29, 1.82) is 0 Å². The molecule has 2 nitrogen and oxygen atoms in total. The molecule has 1 heterocycles. The van der Waals surface area contributed by atoms with Gasteiger partial charge in [0.05, 0.1) is 6.04 Å². The van der Waals surface area contributed by atoms with Gasteiger partial charge in [0, 0.05) is 16.8 Å². The van der Waals surface area contributed by atoms with Crippen LogP contribution in [0.15, 0.2) is 146 Å². The van der Waals surface area contributed by atoms with Gasteiger partial charge < -0.3 is 5.32 Å². The van der Waals surface area contributed by atoms with Crippen molar-refractivity contribution in [2.75, 3.05) is 0 Å². The molecule has 2 atom stereocenters. The highest BCUT2D eigenvalue weighted by Gasteiger charge is 2.28. The van der Waals surface area contributed by atoms with Crippen molar-refractivity contribution in [2.24, 2.45) is 0 Å². The summed E-state index contributed by atoms with van der Waals surface area (Å²) in [6, 6.07) is 50.4. The van der Waals surface area contributed by atoms with Crippen molar-refractivity contribution < 1.29 is 0 Å². The zero-order valence-corrected chi connectivity index (χ0v) is 22.0. The van der Waals surface area contributed by atoms with Gasteiger partial charge in [-0.1, -0.05) is 133 Å². The summed E-state index contributed by atoms with van der Waals surface area (Å²) in [6.07, 6.45) is 2.24. The molecular weight excluding hydrogens is 484 g/mol. The van der Waals surface area contributed by atoms with Gasteiger partial charge >= 0.3 is 0 Å². The number of benzene rings is 7. The summed E-state index contributed by atoms with van der Waals surface area (Å²) < 4.78 is 0. The Morgan fingerprint density at radius 2 is 1.10 bits per heavy atom. The topological polar surface area (TPSA) is 24.1 Å². The molecule has 0 saturated carbocycles. The summed E-state index contributed by atoms with van der Waals surface area (Å²) in [4.78, 5) is 0. The Bertz CT molecular complexity index is 2070. The van der Waals surface area contributed by atoms with Gasteiger partial charge in [-0.2, -0.15) is 0 Å². The molecule has 2 N–H and O–H groups in total. The highest BCUT2D eigenvalue weighted by atomic mass is 15.2. The molecule has 40 heavy (non-hydrogen) atoms. The zero-order chi connectivity index (χ0) is 26.5. The van der Waals surface area contributed by atoms with Crippen LogP contribution in [0.25, 0.3) is 48.8 Å². The van der Waals surface area contributed by atoms with Gasteiger partial charge in [0.25, 0.3) is 0 Å². The smallest absolute Gasteiger partial charge is 0.105 e. The third-order valence-electron chi connectivity index (χ3n) is 8.30. The molecule has 7 aromatic carbocycles. The van der Waals surface area contributed by atoms with Crippen LogP contribution in [0.3, 0.4) is 0 Å². The Hall–Kier alpha value is -4.92. The lowest BCUT2D eigenvalue weighted by Gasteiger charge is -2.35. The average Bonchev–Trinajstić information content (AvgIpc) is 3.03. The maximum Gasteiger partial charge on any atom is 0.105 e.